The van der Waals surface area contributed by atoms with Gasteiger partial charge >= 0.3 is 6.03 Å². The molecule has 0 saturated heterocycles. The lowest BCUT2D eigenvalue weighted by Crippen LogP contribution is -2.30. The number of benzene rings is 2. The van der Waals surface area contributed by atoms with Gasteiger partial charge in [0.25, 0.3) is 0 Å². The van der Waals surface area contributed by atoms with E-state index >= 15 is 0 Å². The number of sulfonamides is 1. The first kappa shape index (κ1) is 21.7. The average Bonchev–Trinajstić information content (AvgIpc) is 2.56. The lowest BCUT2D eigenvalue weighted by Gasteiger charge is -2.19. The van der Waals surface area contributed by atoms with E-state index < -0.39 is 21.9 Å². The Kier molecular flexibility index (Phi) is 6.66. The van der Waals surface area contributed by atoms with Crippen molar-refractivity contribution in [1.82, 2.24) is 5.32 Å². The highest BCUT2D eigenvalue weighted by Crippen LogP contribution is 2.22. The third kappa shape index (κ3) is 6.84. The van der Waals surface area contributed by atoms with Crippen molar-refractivity contribution in [1.29, 1.82) is 0 Å². The zero-order valence-electron chi connectivity index (χ0n) is 16.5. The number of carbonyl (C=O) groups is 1. The fourth-order valence-electron chi connectivity index (χ4n) is 2.54. The van der Waals surface area contributed by atoms with Crippen molar-refractivity contribution < 1.29 is 17.6 Å². The quantitative estimate of drug-likeness (QED) is 0.680. The van der Waals surface area contributed by atoms with E-state index in [0.29, 0.717) is 13.0 Å². The van der Waals surface area contributed by atoms with Crippen LogP contribution in [-0.2, 0) is 21.9 Å². The molecule has 0 spiro atoms. The number of carbonyl (C=O) groups excluding carboxylic acids is 1. The van der Waals surface area contributed by atoms with Gasteiger partial charge in [0.2, 0.25) is 10.0 Å². The van der Waals surface area contributed by atoms with Gasteiger partial charge < -0.3 is 10.6 Å². The van der Waals surface area contributed by atoms with E-state index in [-0.39, 0.29) is 16.8 Å². The maximum Gasteiger partial charge on any atom is 0.319 e. The maximum absolute atomic E-state index is 13.9. The van der Waals surface area contributed by atoms with Gasteiger partial charge in [-0.3, -0.25) is 4.72 Å². The van der Waals surface area contributed by atoms with Crippen molar-refractivity contribution in [2.24, 2.45) is 0 Å². The van der Waals surface area contributed by atoms with Crippen molar-refractivity contribution in [3.05, 3.63) is 59.4 Å². The summed E-state index contributed by atoms with van der Waals surface area (Å²) in [7, 11) is -3.57. The predicted molar refractivity (Wildman–Crippen MR) is 111 cm³/mol. The predicted octanol–water partition coefficient (Wildman–Crippen LogP) is 3.86. The molecule has 152 valence electrons. The van der Waals surface area contributed by atoms with Crippen LogP contribution in [0.1, 0.15) is 31.9 Å². The SMILES string of the molecule is CC(C)(C)c1ccc(CCNC(=O)Nc2ccc(NS(C)(=O)=O)c(F)c2)cc1. The van der Waals surface area contributed by atoms with Gasteiger partial charge in [-0.2, -0.15) is 0 Å². The largest absolute Gasteiger partial charge is 0.338 e. The molecule has 6 nitrogen and oxygen atoms in total. The maximum atomic E-state index is 13.9. The van der Waals surface area contributed by atoms with Crippen LogP contribution in [0.2, 0.25) is 0 Å². The molecule has 0 aliphatic carbocycles. The second kappa shape index (κ2) is 8.60. The number of anilines is 2. The summed E-state index contributed by atoms with van der Waals surface area (Å²) in [6, 6.07) is 11.5. The van der Waals surface area contributed by atoms with Crippen molar-refractivity contribution in [3.8, 4) is 0 Å². The third-order valence-corrected chi connectivity index (χ3v) is 4.63. The molecule has 0 unspecified atom stereocenters. The first-order valence-electron chi connectivity index (χ1n) is 8.86. The number of hydrogen-bond acceptors (Lipinski definition) is 3. The van der Waals surface area contributed by atoms with Crippen molar-refractivity contribution in [2.45, 2.75) is 32.6 Å². The van der Waals surface area contributed by atoms with Gasteiger partial charge in [0.1, 0.15) is 5.82 Å². The van der Waals surface area contributed by atoms with Gasteiger partial charge in [-0.05, 0) is 41.2 Å². The topological polar surface area (TPSA) is 87.3 Å². The van der Waals surface area contributed by atoms with Crippen molar-refractivity contribution in [2.75, 3.05) is 22.8 Å². The van der Waals surface area contributed by atoms with E-state index in [4.69, 9.17) is 0 Å². The minimum atomic E-state index is -3.57. The summed E-state index contributed by atoms with van der Waals surface area (Å²) in [6.07, 6.45) is 1.60. The molecule has 0 fully saturated rings. The Morgan fingerprint density at radius 2 is 1.71 bits per heavy atom. The summed E-state index contributed by atoms with van der Waals surface area (Å²) >= 11 is 0. The molecular weight excluding hydrogens is 381 g/mol. The van der Waals surface area contributed by atoms with E-state index in [1.807, 2.05) is 12.1 Å². The highest BCUT2D eigenvalue weighted by atomic mass is 32.2. The monoisotopic (exact) mass is 407 g/mol. The number of amides is 2. The van der Waals surface area contributed by atoms with E-state index in [9.17, 15) is 17.6 Å². The fourth-order valence-corrected chi connectivity index (χ4v) is 3.11. The van der Waals surface area contributed by atoms with Crippen LogP contribution in [0.3, 0.4) is 0 Å². The van der Waals surface area contributed by atoms with Crippen LogP contribution in [0, 0.1) is 5.82 Å². The van der Waals surface area contributed by atoms with Gasteiger partial charge in [-0.25, -0.2) is 17.6 Å². The number of halogens is 1. The van der Waals surface area contributed by atoms with Gasteiger partial charge in [0.05, 0.1) is 11.9 Å². The first-order chi connectivity index (χ1) is 12.9. The summed E-state index contributed by atoms with van der Waals surface area (Å²) < 4.78 is 38.3. The molecule has 0 radical (unpaired) electrons. The molecular formula is C20H26FN3O3S. The average molecular weight is 408 g/mol. The molecule has 8 heteroatoms. The van der Waals surface area contributed by atoms with Crippen LogP contribution >= 0.6 is 0 Å². The summed E-state index contributed by atoms with van der Waals surface area (Å²) in [5, 5.41) is 5.23. The Balaban J connectivity index is 1.85. The molecule has 0 aromatic heterocycles. The molecule has 0 atom stereocenters. The standard InChI is InChI=1S/C20H26FN3O3S/c1-20(2,3)15-7-5-14(6-8-15)11-12-22-19(25)23-16-9-10-18(17(21)13-16)24-28(4,26)27/h5-10,13,24H,11-12H2,1-4H3,(H2,22,23,25). The summed E-state index contributed by atoms with van der Waals surface area (Å²) in [6.45, 7) is 6.89. The van der Waals surface area contributed by atoms with E-state index in [1.54, 1.807) is 0 Å². The van der Waals surface area contributed by atoms with Crippen LogP contribution in [0.15, 0.2) is 42.5 Å². The highest BCUT2D eigenvalue weighted by Gasteiger charge is 2.13. The molecule has 2 rings (SSSR count). The molecule has 0 saturated carbocycles. The van der Waals surface area contributed by atoms with Crippen molar-refractivity contribution >= 4 is 27.4 Å². The molecule has 2 aromatic rings. The smallest absolute Gasteiger partial charge is 0.319 e. The summed E-state index contributed by atoms with van der Waals surface area (Å²) in [5.41, 5.74) is 2.50. The molecule has 0 aliphatic rings. The van der Waals surface area contributed by atoms with E-state index in [2.05, 4.69) is 48.3 Å². The lowest BCUT2D eigenvalue weighted by atomic mass is 9.86. The second-order valence-corrected chi connectivity index (χ2v) is 9.40. The third-order valence-electron chi connectivity index (χ3n) is 4.04. The van der Waals surface area contributed by atoms with Crippen molar-refractivity contribution in [3.63, 3.8) is 0 Å². The molecule has 0 aliphatic heterocycles. The van der Waals surface area contributed by atoms with Crippen LogP contribution < -0.4 is 15.4 Å². The van der Waals surface area contributed by atoms with Gasteiger partial charge in [-0.1, -0.05) is 45.0 Å². The molecule has 2 aromatic carbocycles. The number of nitrogens with one attached hydrogen (secondary N) is 3. The zero-order chi connectivity index (χ0) is 20.9. The number of hydrogen-bond donors (Lipinski definition) is 3. The van der Waals surface area contributed by atoms with Crippen LogP contribution in [0.4, 0.5) is 20.6 Å². The Morgan fingerprint density at radius 3 is 2.25 bits per heavy atom. The van der Waals surface area contributed by atoms with Crippen LogP contribution in [0.5, 0.6) is 0 Å². The first-order valence-corrected chi connectivity index (χ1v) is 10.7. The molecule has 0 heterocycles. The van der Waals surface area contributed by atoms with Gasteiger partial charge in [0, 0.05) is 12.2 Å². The molecule has 0 bridgehead atoms. The van der Waals surface area contributed by atoms with E-state index in [0.717, 1.165) is 17.9 Å². The van der Waals surface area contributed by atoms with E-state index in [1.165, 1.54) is 17.7 Å². The lowest BCUT2D eigenvalue weighted by molar-refractivity contribution is 0.252. The minimum Gasteiger partial charge on any atom is -0.338 e. The van der Waals surface area contributed by atoms with Crippen LogP contribution in [-0.4, -0.2) is 27.2 Å². The highest BCUT2D eigenvalue weighted by molar-refractivity contribution is 7.92. The Morgan fingerprint density at radius 1 is 1.07 bits per heavy atom. The molecule has 3 N–H and O–H groups in total. The Bertz CT molecular complexity index is 936. The molecule has 2 amide bonds. The second-order valence-electron chi connectivity index (χ2n) is 7.65. The summed E-state index contributed by atoms with van der Waals surface area (Å²) in [5.74, 6) is -0.776. The Hall–Kier alpha value is -2.61. The van der Waals surface area contributed by atoms with Crippen LogP contribution in [0.25, 0.3) is 0 Å². The summed E-state index contributed by atoms with van der Waals surface area (Å²) in [4.78, 5) is 12.0. The Labute approximate surface area is 165 Å². The number of urea groups is 1. The normalized spacial score (nSPS) is 11.8. The number of rotatable bonds is 6. The van der Waals surface area contributed by atoms with Gasteiger partial charge in [0.15, 0.2) is 0 Å². The van der Waals surface area contributed by atoms with Gasteiger partial charge in [-0.15, -0.1) is 0 Å². The zero-order valence-corrected chi connectivity index (χ0v) is 17.3. The molecule has 28 heavy (non-hydrogen) atoms. The fraction of sp³-hybridized carbons (Fsp3) is 0.350. The minimum absolute atomic E-state index is 0.0956.